The van der Waals surface area contributed by atoms with Gasteiger partial charge < -0.3 is 10.7 Å². The van der Waals surface area contributed by atoms with Gasteiger partial charge in [0.15, 0.2) is 0 Å². The van der Waals surface area contributed by atoms with Crippen molar-refractivity contribution in [2.24, 2.45) is 0 Å². The highest BCUT2D eigenvalue weighted by molar-refractivity contribution is 9.10. The Morgan fingerprint density at radius 3 is 2.50 bits per heavy atom. The Morgan fingerprint density at radius 1 is 1.31 bits per heavy atom. The van der Waals surface area contributed by atoms with Crippen molar-refractivity contribution >= 4 is 21.7 Å². The summed E-state index contributed by atoms with van der Waals surface area (Å²) in [5, 5.41) is 9.06. The van der Waals surface area contributed by atoms with Crippen LogP contribution in [0.1, 0.15) is 11.1 Å². The number of anilines is 1. The Bertz CT molecular complexity index is 561. The maximum absolute atomic E-state index is 9.06. The predicted molar refractivity (Wildman–Crippen MR) is 67.8 cm³/mol. The van der Waals surface area contributed by atoms with E-state index < -0.39 is 0 Å². The van der Waals surface area contributed by atoms with Crippen molar-refractivity contribution in [3.8, 4) is 17.2 Å². The molecule has 80 valence electrons. The van der Waals surface area contributed by atoms with Crippen molar-refractivity contribution in [1.82, 2.24) is 4.98 Å². The van der Waals surface area contributed by atoms with Crippen LogP contribution in [0.4, 0.5) is 5.82 Å². The maximum atomic E-state index is 9.06. The Labute approximate surface area is 102 Å². The van der Waals surface area contributed by atoms with Crippen LogP contribution in [0.2, 0.25) is 0 Å². The molecule has 2 aromatic rings. The van der Waals surface area contributed by atoms with Crippen LogP contribution in [-0.4, -0.2) is 4.98 Å². The highest BCUT2D eigenvalue weighted by Crippen LogP contribution is 2.34. The van der Waals surface area contributed by atoms with E-state index in [1.54, 1.807) is 0 Å². The van der Waals surface area contributed by atoms with Gasteiger partial charge in [-0.2, -0.15) is 5.26 Å². The lowest BCUT2D eigenvalue weighted by atomic mass is 10.0. The minimum Gasteiger partial charge on any atom is -0.384 e. The molecular formula is C12H10BrN3. The van der Waals surface area contributed by atoms with Gasteiger partial charge in [0, 0.05) is 5.56 Å². The number of aryl methyl sites for hydroxylation is 1. The van der Waals surface area contributed by atoms with Gasteiger partial charge in [-0.25, -0.2) is 0 Å². The summed E-state index contributed by atoms with van der Waals surface area (Å²) >= 11 is 3.38. The molecular weight excluding hydrogens is 266 g/mol. The lowest BCUT2D eigenvalue weighted by molar-refractivity contribution is 1.36. The van der Waals surface area contributed by atoms with Crippen LogP contribution in [0.15, 0.2) is 28.9 Å². The van der Waals surface area contributed by atoms with Gasteiger partial charge in [-0.1, -0.05) is 29.8 Å². The topological polar surface area (TPSA) is 65.6 Å². The molecule has 0 bridgehead atoms. The summed E-state index contributed by atoms with van der Waals surface area (Å²) < 4.78 is 0.741. The number of H-pyrrole nitrogens is 1. The van der Waals surface area contributed by atoms with Gasteiger partial charge in [0.05, 0.1) is 4.60 Å². The molecule has 1 heterocycles. The average molecular weight is 276 g/mol. The molecule has 4 heteroatoms. The Balaban J connectivity index is 2.64. The number of aromatic amines is 1. The van der Waals surface area contributed by atoms with E-state index in [2.05, 4.69) is 27.0 Å². The van der Waals surface area contributed by atoms with E-state index >= 15 is 0 Å². The number of hydrogen-bond donors (Lipinski definition) is 2. The van der Waals surface area contributed by atoms with Crippen LogP contribution in [0.5, 0.6) is 0 Å². The number of nitrogens with zero attached hydrogens (tertiary/aromatic N) is 1. The highest BCUT2D eigenvalue weighted by atomic mass is 79.9. The number of nitriles is 1. The lowest BCUT2D eigenvalue weighted by Crippen LogP contribution is -1.87. The van der Waals surface area contributed by atoms with Gasteiger partial charge in [0.1, 0.15) is 17.5 Å². The van der Waals surface area contributed by atoms with E-state index in [4.69, 9.17) is 11.0 Å². The summed E-state index contributed by atoms with van der Waals surface area (Å²) in [6, 6.07) is 10.1. The molecule has 1 aromatic heterocycles. The standard InChI is InChI=1S/C12H10BrN3/c1-7-2-4-8(5-3-7)10-9(6-14)12(15)16-11(10)13/h2-5,16H,15H2,1H3. The fraction of sp³-hybridized carbons (Fsp3) is 0.0833. The molecule has 1 aromatic carbocycles. The van der Waals surface area contributed by atoms with Crippen LogP contribution in [0, 0.1) is 18.3 Å². The van der Waals surface area contributed by atoms with Gasteiger partial charge in [0.25, 0.3) is 0 Å². The van der Waals surface area contributed by atoms with Gasteiger partial charge in [-0.15, -0.1) is 0 Å². The first-order chi connectivity index (χ1) is 7.63. The third kappa shape index (κ3) is 1.70. The van der Waals surface area contributed by atoms with Gasteiger partial charge in [-0.3, -0.25) is 0 Å². The Kier molecular flexibility index (Phi) is 2.71. The van der Waals surface area contributed by atoms with Crippen LogP contribution in [-0.2, 0) is 0 Å². The first-order valence-electron chi connectivity index (χ1n) is 4.77. The summed E-state index contributed by atoms with van der Waals surface area (Å²) in [5.74, 6) is 0.393. The molecule has 0 amide bonds. The first-order valence-corrected chi connectivity index (χ1v) is 5.57. The van der Waals surface area contributed by atoms with E-state index in [0.29, 0.717) is 11.4 Å². The molecule has 0 spiro atoms. The molecule has 0 saturated carbocycles. The molecule has 0 atom stereocenters. The van der Waals surface area contributed by atoms with Crippen molar-refractivity contribution < 1.29 is 0 Å². The summed E-state index contributed by atoms with van der Waals surface area (Å²) in [7, 11) is 0. The molecule has 0 radical (unpaired) electrons. The quantitative estimate of drug-likeness (QED) is 0.839. The predicted octanol–water partition coefficient (Wildman–Crippen LogP) is 3.21. The smallest absolute Gasteiger partial charge is 0.120 e. The zero-order valence-corrected chi connectivity index (χ0v) is 10.3. The average Bonchev–Trinajstić information content (AvgIpc) is 2.54. The minimum atomic E-state index is 0.393. The number of aromatic nitrogens is 1. The summed E-state index contributed by atoms with van der Waals surface area (Å²) in [4.78, 5) is 2.91. The molecule has 0 unspecified atom stereocenters. The van der Waals surface area contributed by atoms with Gasteiger partial charge >= 0.3 is 0 Å². The number of rotatable bonds is 1. The van der Waals surface area contributed by atoms with Crippen molar-refractivity contribution in [2.75, 3.05) is 5.73 Å². The maximum Gasteiger partial charge on any atom is 0.120 e. The van der Waals surface area contributed by atoms with Gasteiger partial charge in [0.2, 0.25) is 0 Å². The highest BCUT2D eigenvalue weighted by Gasteiger charge is 2.15. The molecule has 0 saturated heterocycles. The molecule has 3 N–H and O–H groups in total. The van der Waals surface area contributed by atoms with E-state index in [9.17, 15) is 0 Å². The number of benzene rings is 1. The molecule has 16 heavy (non-hydrogen) atoms. The molecule has 0 aliphatic heterocycles. The van der Waals surface area contributed by atoms with Gasteiger partial charge in [-0.05, 0) is 28.4 Å². The fourth-order valence-corrected chi connectivity index (χ4v) is 2.24. The van der Waals surface area contributed by atoms with E-state index in [1.165, 1.54) is 5.56 Å². The normalized spacial score (nSPS) is 10.1. The van der Waals surface area contributed by atoms with Crippen molar-refractivity contribution in [1.29, 1.82) is 5.26 Å². The van der Waals surface area contributed by atoms with Crippen LogP contribution < -0.4 is 5.73 Å². The minimum absolute atomic E-state index is 0.393. The molecule has 0 aliphatic rings. The van der Waals surface area contributed by atoms with Crippen molar-refractivity contribution in [2.45, 2.75) is 6.92 Å². The van der Waals surface area contributed by atoms with E-state index in [0.717, 1.165) is 15.7 Å². The number of nitrogens with one attached hydrogen (secondary N) is 1. The molecule has 3 nitrogen and oxygen atoms in total. The second kappa shape index (κ2) is 4.03. The van der Waals surface area contributed by atoms with E-state index in [1.807, 2.05) is 31.2 Å². The number of hydrogen-bond acceptors (Lipinski definition) is 2. The summed E-state index contributed by atoms with van der Waals surface area (Å²) in [6.07, 6.45) is 0. The number of halogens is 1. The molecule has 0 aliphatic carbocycles. The fourth-order valence-electron chi connectivity index (χ4n) is 1.60. The zero-order valence-electron chi connectivity index (χ0n) is 8.71. The molecule has 2 rings (SSSR count). The summed E-state index contributed by atoms with van der Waals surface area (Å²) in [5.41, 5.74) is 9.17. The third-order valence-corrected chi connectivity index (χ3v) is 3.03. The first kappa shape index (κ1) is 10.8. The second-order valence-electron chi connectivity index (χ2n) is 3.58. The zero-order chi connectivity index (χ0) is 11.7. The monoisotopic (exact) mass is 275 g/mol. The second-order valence-corrected chi connectivity index (χ2v) is 4.37. The largest absolute Gasteiger partial charge is 0.384 e. The van der Waals surface area contributed by atoms with Crippen LogP contribution in [0.25, 0.3) is 11.1 Å². The Morgan fingerprint density at radius 2 is 1.94 bits per heavy atom. The SMILES string of the molecule is Cc1ccc(-c2c(Br)[nH]c(N)c2C#N)cc1. The van der Waals surface area contributed by atoms with Crippen molar-refractivity contribution in [3.63, 3.8) is 0 Å². The number of nitrogen functional groups attached to an aromatic ring is 1. The van der Waals surface area contributed by atoms with Crippen LogP contribution >= 0.6 is 15.9 Å². The van der Waals surface area contributed by atoms with Crippen LogP contribution in [0.3, 0.4) is 0 Å². The van der Waals surface area contributed by atoms with Crippen molar-refractivity contribution in [3.05, 3.63) is 40.0 Å². The number of nitrogens with two attached hydrogens (primary N) is 1. The molecule has 0 fully saturated rings. The lowest BCUT2D eigenvalue weighted by Gasteiger charge is -2.01. The Hall–Kier alpha value is -1.73. The third-order valence-electron chi connectivity index (χ3n) is 2.44. The van der Waals surface area contributed by atoms with E-state index in [-0.39, 0.29) is 0 Å². The summed E-state index contributed by atoms with van der Waals surface area (Å²) in [6.45, 7) is 2.02.